The van der Waals surface area contributed by atoms with Crippen molar-refractivity contribution in [3.63, 3.8) is 0 Å². The third-order valence-electron chi connectivity index (χ3n) is 3.95. The highest BCUT2D eigenvalue weighted by Crippen LogP contribution is 2.26. The quantitative estimate of drug-likeness (QED) is 0.838. The van der Waals surface area contributed by atoms with Crippen molar-refractivity contribution >= 4 is 28.2 Å². The number of likely N-dealkylation sites (N-methyl/N-ethyl adjacent to an activating group) is 1. The Hall–Kier alpha value is -1.12. The van der Waals surface area contributed by atoms with Crippen LogP contribution in [0.3, 0.4) is 0 Å². The summed E-state index contributed by atoms with van der Waals surface area (Å²) < 4.78 is 24.8. The highest BCUT2D eigenvalue weighted by molar-refractivity contribution is 7.92. The second kappa shape index (κ2) is 6.55. The molecule has 9 heteroatoms. The first-order valence-corrected chi connectivity index (χ1v) is 8.50. The van der Waals surface area contributed by atoms with Gasteiger partial charge in [0.25, 0.3) is 0 Å². The summed E-state index contributed by atoms with van der Waals surface area (Å²) in [5, 5.41) is 7.06. The van der Waals surface area contributed by atoms with Gasteiger partial charge in [-0.1, -0.05) is 0 Å². The number of carbonyl (C=O) groups is 1. The first kappa shape index (κ1) is 18.9. The van der Waals surface area contributed by atoms with Crippen molar-refractivity contribution in [2.75, 3.05) is 25.9 Å². The van der Waals surface area contributed by atoms with Gasteiger partial charge >= 0.3 is 0 Å². The van der Waals surface area contributed by atoms with Crippen LogP contribution in [0.2, 0.25) is 0 Å². The van der Waals surface area contributed by atoms with Crippen LogP contribution in [-0.4, -0.2) is 59.6 Å². The number of rotatable bonds is 3. The number of carbonyl (C=O) groups excluding carboxylic acids is 1. The van der Waals surface area contributed by atoms with Gasteiger partial charge in [-0.2, -0.15) is 5.10 Å². The van der Waals surface area contributed by atoms with Crippen LogP contribution in [0.15, 0.2) is 12.4 Å². The van der Waals surface area contributed by atoms with Crippen molar-refractivity contribution < 1.29 is 13.2 Å². The monoisotopic (exact) mass is 350 g/mol. The van der Waals surface area contributed by atoms with E-state index >= 15 is 0 Å². The van der Waals surface area contributed by atoms with Crippen molar-refractivity contribution in [3.8, 4) is 0 Å². The van der Waals surface area contributed by atoms with Gasteiger partial charge in [0.15, 0.2) is 9.84 Å². The zero-order valence-electron chi connectivity index (χ0n) is 13.2. The second-order valence-electron chi connectivity index (χ2n) is 6.01. The lowest BCUT2D eigenvalue weighted by atomic mass is 10.1. The summed E-state index contributed by atoms with van der Waals surface area (Å²) in [4.78, 5) is 14.3. The minimum atomic E-state index is -3.15. The largest absolute Gasteiger partial charge is 0.338 e. The highest BCUT2D eigenvalue weighted by atomic mass is 35.5. The van der Waals surface area contributed by atoms with Gasteiger partial charge in [-0.15, -0.1) is 12.4 Å². The summed E-state index contributed by atoms with van der Waals surface area (Å²) in [6.45, 7) is 3.79. The van der Waals surface area contributed by atoms with Crippen molar-refractivity contribution in [2.45, 2.75) is 24.6 Å². The first-order chi connectivity index (χ1) is 9.68. The minimum Gasteiger partial charge on any atom is -0.338 e. The molecule has 126 valence electrons. The van der Waals surface area contributed by atoms with Crippen LogP contribution in [0, 0.1) is 0 Å². The van der Waals surface area contributed by atoms with Gasteiger partial charge in [-0.05, 0) is 20.9 Å². The average Bonchev–Trinajstić information content (AvgIpc) is 2.80. The fourth-order valence-corrected chi connectivity index (χ4v) is 3.90. The molecule has 2 heterocycles. The number of hydrogen-bond donors (Lipinski definition) is 1. The molecule has 7 nitrogen and oxygen atoms in total. The molecule has 1 aliphatic rings. The number of nitrogens with one attached hydrogen (secondary N) is 1. The molecule has 1 fully saturated rings. The predicted molar refractivity (Wildman–Crippen MR) is 86.7 cm³/mol. The molecule has 1 N–H and O–H groups in total. The topological polar surface area (TPSA) is 84.3 Å². The lowest BCUT2D eigenvalue weighted by Gasteiger charge is -2.38. The maximum absolute atomic E-state index is 12.7. The zero-order chi connectivity index (χ0) is 15.8. The van der Waals surface area contributed by atoms with Crippen LogP contribution < -0.4 is 5.32 Å². The van der Waals surface area contributed by atoms with Crippen LogP contribution in [-0.2, 0) is 21.7 Å². The molecule has 22 heavy (non-hydrogen) atoms. The van der Waals surface area contributed by atoms with Crippen LogP contribution in [0.1, 0.15) is 25.5 Å². The summed E-state index contributed by atoms with van der Waals surface area (Å²) in [6.07, 6.45) is 3.43. The van der Waals surface area contributed by atoms with E-state index in [4.69, 9.17) is 0 Å². The van der Waals surface area contributed by atoms with Gasteiger partial charge in [0.2, 0.25) is 5.91 Å². The minimum absolute atomic E-state index is 0. The van der Waals surface area contributed by atoms with E-state index in [0.717, 1.165) is 5.56 Å². The maximum atomic E-state index is 12.7. The fraction of sp³-hybridized carbons (Fsp3) is 0.692. The zero-order valence-corrected chi connectivity index (χ0v) is 14.9. The molecule has 0 aromatic carbocycles. The molecule has 0 radical (unpaired) electrons. The molecule has 1 aliphatic heterocycles. The summed E-state index contributed by atoms with van der Waals surface area (Å²) in [5.41, 5.74) is 0.774. The lowest BCUT2D eigenvalue weighted by molar-refractivity contribution is -0.133. The van der Waals surface area contributed by atoms with E-state index in [1.54, 1.807) is 49.9 Å². The molecule has 1 aromatic heterocycles. The number of sulfone groups is 1. The Labute approximate surface area is 137 Å². The third-order valence-corrected chi connectivity index (χ3v) is 6.48. The van der Waals surface area contributed by atoms with E-state index in [-0.39, 0.29) is 37.2 Å². The number of aromatic nitrogens is 2. The van der Waals surface area contributed by atoms with E-state index in [1.165, 1.54) is 0 Å². The fourth-order valence-electron chi connectivity index (χ4n) is 2.54. The van der Waals surface area contributed by atoms with E-state index in [0.29, 0.717) is 0 Å². The Kier molecular flexibility index (Phi) is 5.64. The van der Waals surface area contributed by atoms with Crippen molar-refractivity contribution in [2.24, 2.45) is 7.05 Å². The van der Waals surface area contributed by atoms with Crippen LogP contribution in [0.25, 0.3) is 0 Å². The standard InChI is InChI=1S/C13H22N4O3S.ClH/c1-13(2)9-17(5-6-21(13,19)20)12(18)11(14-3)10-7-15-16(4)8-10;/h7-8,11,14H,5-6,9H2,1-4H3;1H. The molecule has 0 aliphatic carbocycles. The Morgan fingerprint density at radius 3 is 2.55 bits per heavy atom. The molecule has 1 saturated heterocycles. The molecule has 0 saturated carbocycles. The van der Waals surface area contributed by atoms with Gasteiger partial charge in [-0.3, -0.25) is 9.48 Å². The molecule has 2 rings (SSSR count). The van der Waals surface area contributed by atoms with Crippen LogP contribution in [0.5, 0.6) is 0 Å². The average molecular weight is 351 g/mol. The van der Waals surface area contributed by atoms with Gasteiger partial charge in [0.1, 0.15) is 6.04 Å². The molecular weight excluding hydrogens is 328 g/mol. The van der Waals surface area contributed by atoms with E-state index in [1.807, 2.05) is 0 Å². The van der Waals surface area contributed by atoms with Gasteiger partial charge in [0.05, 0.1) is 16.7 Å². The predicted octanol–water partition coefficient (Wildman–Crippen LogP) is 0.138. The van der Waals surface area contributed by atoms with E-state index < -0.39 is 20.6 Å². The maximum Gasteiger partial charge on any atom is 0.244 e. The SMILES string of the molecule is CNC(C(=O)N1CCS(=O)(=O)C(C)(C)C1)c1cnn(C)c1.Cl. The van der Waals surface area contributed by atoms with E-state index in [9.17, 15) is 13.2 Å². The second-order valence-corrected chi connectivity index (χ2v) is 8.75. The molecular formula is C13H23ClN4O3S. The third kappa shape index (κ3) is 3.44. The smallest absolute Gasteiger partial charge is 0.244 e. The molecule has 1 atom stereocenters. The molecule has 1 amide bonds. The van der Waals surface area contributed by atoms with Crippen LogP contribution in [0.4, 0.5) is 0 Å². The van der Waals surface area contributed by atoms with Crippen LogP contribution >= 0.6 is 12.4 Å². The number of aryl methyl sites for hydroxylation is 1. The summed E-state index contributed by atoms with van der Waals surface area (Å²) in [6, 6.07) is -0.504. The highest BCUT2D eigenvalue weighted by Gasteiger charge is 2.42. The van der Waals surface area contributed by atoms with Gasteiger partial charge in [-0.25, -0.2) is 8.42 Å². The number of hydrogen-bond acceptors (Lipinski definition) is 5. The summed E-state index contributed by atoms with van der Waals surface area (Å²) in [5.74, 6) is -0.108. The molecule has 1 aromatic rings. The molecule has 0 spiro atoms. The van der Waals surface area contributed by atoms with E-state index in [2.05, 4.69) is 10.4 Å². The number of nitrogens with zero attached hydrogens (tertiary/aromatic N) is 3. The Bertz CT molecular complexity index is 641. The van der Waals surface area contributed by atoms with Crippen molar-refractivity contribution in [3.05, 3.63) is 18.0 Å². The van der Waals surface area contributed by atoms with Gasteiger partial charge in [0, 0.05) is 31.9 Å². The lowest BCUT2D eigenvalue weighted by Crippen LogP contribution is -2.56. The summed E-state index contributed by atoms with van der Waals surface area (Å²) >= 11 is 0. The number of halogens is 1. The Balaban J connectivity index is 0.00000242. The summed E-state index contributed by atoms with van der Waals surface area (Å²) in [7, 11) is 0.348. The first-order valence-electron chi connectivity index (χ1n) is 6.85. The Morgan fingerprint density at radius 2 is 2.09 bits per heavy atom. The number of amides is 1. The molecule has 1 unspecified atom stereocenters. The van der Waals surface area contributed by atoms with Gasteiger partial charge < -0.3 is 10.2 Å². The Morgan fingerprint density at radius 1 is 1.45 bits per heavy atom. The molecule has 0 bridgehead atoms. The van der Waals surface area contributed by atoms with Crippen molar-refractivity contribution in [1.82, 2.24) is 20.0 Å². The van der Waals surface area contributed by atoms with Crippen molar-refractivity contribution in [1.29, 1.82) is 0 Å². The normalized spacial score (nSPS) is 21.0.